The zero-order valence-corrected chi connectivity index (χ0v) is 13.8. The molecule has 0 heterocycles. The summed E-state index contributed by atoms with van der Waals surface area (Å²) in [4.78, 5) is 12.1. The molecule has 0 radical (unpaired) electrons. The molecule has 0 aliphatic heterocycles. The Kier molecular flexibility index (Phi) is 6.78. The zero-order chi connectivity index (χ0) is 14.7. The maximum Gasteiger partial charge on any atom is 0.229 e. The number of nitrogens with one attached hydrogen (secondary N) is 1. The van der Waals surface area contributed by atoms with Gasteiger partial charge in [-0.05, 0) is 44.9 Å². The fourth-order valence-electron chi connectivity index (χ4n) is 2.48. The van der Waals surface area contributed by atoms with Gasteiger partial charge in [0.05, 0.1) is 17.0 Å². The predicted molar refractivity (Wildman–Crippen MR) is 88.4 cm³/mol. The summed E-state index contributed by atoms with van der Waals surface area (Å²) in [5.41, 5.74) is 6.61. The lowest BCUT2D eigenvalue weighted by Gasteiger charge is -2.16. The lowest BCUT2D eigenvalue weighted by atomic mass is 10.0. The Hall–Kier alpha value is -0.970. The first-order valence-corrected chi connectivity index (χ1v) is 7.38. The Labute approximate surface area is 136 Å². The molecule has 3 N–H and O–H groups in total. The average Bonchev–Trinajstić information content (AvgIpc) is 2.78. The molecule has 0 saturated heterocycles. The summed E-state index contributed by atoms with van der Waals surface area (Å²) in [7, 11) is 0. The minimum absolute atomic E-state index is 0. The number of rotatable bonds is 4. The summed E-state index contributed by atoms with van der Waals surface area (Å²) in [6, 6.07) is 5.24. The second-order valence-electron chi connectivity index (χ2n) is 5.50. The van der Waals surface area contributed by atoms with Crippen molar-refractivity contribution in [3.05, 3.63) is 23.2 Å². The lowest BCUT2D eigenvalue weighted by molar-refractivity contribution is -0.120. The maximum atomic E-state index is 12.1. The van der Waals surface area contributed by atoms with Gasteiger partial charge in [-0.2, -0.15) is 0 Å². The molecule has 1 aromatic rings. The van der Waals surface area contributed by atoms with Crippen LogP contribution in [0.2, 0.25) is 5.02 Å². The predicted octanol–water partition coefficient (Wildman–Crippen LogP) is 3.61. The van der Waals surface area contributed by atoms with Gasteiger partial charge in [-0.25, -0.2) is 0 Å². The van der Waals surface area contributed by atoms with E-state index in [1.165, 1.54) is 0 Å². The number of carbonyl (C=O) groups is 1. The molecule has 2 atom stereocenters. The van der Waals surface area contributed by atoms with E-state index < -0.39 is 0 Å². The SMILES string of the molecule is CC(C)Oc1ccc(NC(=O)C2CCCC2N)cc1Cl.Cl. The van der Waals surface area contributed by atoms with Crippen molar-refractivity contribution in [3.63, 3.8) is 0 Å². The molecule has 21 heavy (non-hydrogen) atoms. The molecule has 6 heteroatoms. The molecule has 4 nitrogen and oxygen atoms in total. The number of hydrogen-bond acceptors (Lipinski definition) is 3. The summed E-state index contributed by atoms with van der Waals surface area (Å²) >= 11 is 6.14. The van der Waals surface area contributed by atoms with Crippen LogP contribution >= 0.6 is 24.0 Å². The van der Waals surface area contributed by atoms with Crippen LogP contribution in [0.1, 0.15) is 33.1 Å². The Bertz CT molecular complexity index is 495. The van der Waals surface area contributed by atoms with E-state index in [4.69, 9.17) is 22.1 Å². The Balaban J connectivity index is 0.00000220. The van der Waals surface area contributed by atoms with Gasteiger partial charge in [0, 0.05) is 11.7 Å². The van der Waals surface area contributed by atoms with E-state index in [2.05, 4.69) is 5.32 Å². The fourth-order valence-corrected chi connectivity index (χ4v) is 2.70. The van der Waals surface area contributed by atoms with Crippen molar-refractivity contribution in [2.24, 2.45) is 11.7 Å². The van der Waals surface area contributed by atoms with Gasteiger partial charge in [-0.15, -0.1) is 12.4 Å². The van der Waals surface area contributed by atoms with E-state index in [-0.39, 0.29) is 36.4 Å². The normalized spacial score (nSPS) is 21.0. The Morgan fingerprint density at radius 2 is 2.14 bits per heavy atom. The van der Waals surface area contributed by atoms with Crippen molar-refractivity contribution < 1.29 is 9.53 Å². The minimum Gasteiger partial charge on any atom is -0.489 e. The van der Waals surface area contributed by atoms with Crippen LogP contribution in [0.3, 0.4) is 0 Å². The minimum atomic E-state index is -0.0969. The summed E-state index contributed by atoms with van der Waals surface area (Å²) in [5, 5.41) is 3.37. The molecule has 118 valence electrons. The summed E-state index contributed by atoms with van der Waals surface area (Å²) in [5.74, 6) is 0.501. The first-order valence-electron chi connectivity index (χ1n) is 7.00. The van der Waals surface area contributed by atoms with Gasteiger partial charge in [-0.1, -0.05) is 18.0 Å². The summed E-state index contributed by atoms with van der Waals surface area (Å²) in [6.07, 6.45) is 2.85. The third-order valence-electron chi connectivity index (χ3n) is 3.47. The van der Waals surface area contributed by atoms with E-state index in [1.807, 2.05) is 13.8 Å². The van der Waals surface area contributed by atoms with Gasteiger partial charge < -0.3 is 15.8 Å². The topological polar surface area (TPSA) is 64.3 Å². The largest absolute Gasteiger partial charge is 0.489 e. The van der Waals surface area contributed by atoms with Crippen LogP contribution in [0, 0.1) is 5.92 Å². The molecule has 1 aliphatic carbocycles. The highest BCUT2D eigenvalue weighted by atomic mass is 35.5. The van der Waals surface area contributed by atoms with Crippen molar-refractivity contribution in [1.29, 1.82) is 0 Å². The van der Waals surface area contributed by atoms with Crippen LogP contribution in [0.5, 0.6) is 5.75 Å². The zero-order valence-electron chi connectivity index (χ0n) is 12.3. The molecule has 0 spiro atoms. The molecular formula is C15H22Cl2N2O2. The molecule has 1 fully saturated rings. The number of ether oxygens (including phenoxy) is 1. The number of amides is 1. The fraction of sp³-hybridized carbons (Fsp3) is 0.533. The molecule has 1 aromatic carbocycles. The number of hydrogen-bond donors (Lipinski definition) is 2. The van der Waals surface area contributed by atoms with Crippen LogP contribution in [0.4, 0.5) is 5.69 Å². The average molecular weight is 333 g/mol. The molecule has 1 aliphatic rings. The molecule has 1 saturated carbocycles. The number of anilines is 1. The highest BCUT2D eigenvalue weighted by molar-refractivity contribution is 6.32. The highest BCUT2D eigenvalue weighted by Gasteiger charge is 2.30. The molecule has 0 bridgehead atoms. The first-order chi connectivity index (χ1) is 9.47. The van der Waals surface area contributed by atoms with Crippen LogP contribution in [0.15, 0.2) is 18.2 Å². The van der Waals surface area contributed by atoms with Crippen LogP contribution in [0.25, 0.3) is 0 Å². The van der Waals surface area contributed by atoms with E-state index >= 15 is 0 Å². The van der Waals surface area contributed by atoms with Gasteiger partial charge in [0.2, 0.25) is 5.91 Å². The van der Waals surface area contributed by atoms with Gasteiger partial charge in [0.25, 0.3) is 0 Å². The molecule has 2 unspecified atom stereocenters. The quantitative estimate of drug-likeness (QED) is 0.885. The standard InChI is InChI=1S/C15H21ClN2O2.ClH/c1-9(2)20-14-7-6-10(8-12(14)16)18-15(19)11-4-3-5-13(11)17;/h6-9,11,13H,3-5,17H2,1-2H3,(H,18,19);1H. The molecule has 2 rings (SSSR count). The Morgan fingerprint density at radius 3 is 2.67 bits per heavy atom. The second-order valence-corrected chi connectivity index (χ2v) is 5.91. The van der Waals surface area contributed by atoms with Gasteiger partial charge in [-0.3, -0.25) is 4.79 Å². The van der Waals surface area contributed by atoms with Crippen LogP contribution in [-0.4, -0.2) is 18.1 Å². The van der Waals surface area contributed by atoms with Crippen molar-refractivity contribution in [2.45, 2.75) is 45.3 Å². The maximum absolute atomic E-state index is 12.1. The van der Waals surface area contributed by atoms with E-state index in [0.717, 1.165) is 19.3 Å². The molecular weight excluding hydrogens is 311 g/mol. The van der Waals surface area contributed by atoms with Crippen LogP contribution < -0.4 is 15.8 Å². The lowest BCUT2D eigenvalue weighted by Crippen LogP contribution is -2.34. The van der Waals surface area contributed by atoms with E-state index in [1.54, 1.807) is 18.2 Å². The number of halogens is 2. The molecule has 1 amide bonds. The van der Waals surface area contributed by atoms with E-state index in [0.29, 0.717) is 16.5 Å². The van der Waals surface area contributed by atoms with Crippen molar-refractivity contribution in [3.8, 4) is 5.75 Å². The third-order valence-corrected chi connectivity index (χ3v) is 3.76. The van der Waals surface area contributed by atoms with Gasteiger partial charge in [0.15, 0.2) is 0 Å². The van der Waals surface area contributed by atoms with Gasteiger partial charge in [0.1, 0.15) is 5.75 Å². The van der Waals surface area contributed by atoms with Crippen molar-refractivity contribution in [2.75, 3.05) is 5.32 Å². The highest BCUT2D eigenvalue weighted by Crippen LogP contribution is 2.30. The summed E-state index contributed by atoms with van der Waals surface area (Å²) in [6.45, 7) is 3.88. The number of benzene rings is 1. The van der Waals surface area contributed by atoms with Crippen LogP contribution in [-0.2, 0) is 4.79 Å². The monoisotopic (exact) mass is 332 g/mol. The molecule has 0 aromatic heterocycles. The number of carbonyl (C=O) groups excluding carboxylic acids is 1. The first kappa shape index (κ1) is 18.1. The third kappa shape index (κ3) is 4.77. The van der Waals surface area contributed by atoms with E-state index in [9.17, 15) is 4.79 Å². The Morgan fingerprint density at radius 1 is 1.43 bits per heavy atom. The van der Waals surface area contributed by atoms with Crippen molar-refractivity contribution >= 4 is 35.6 Å². The smallest absolute Gasteiger partial charge is 0.229 e. The summed E-state index contributed by atoms with van der Waals surface area (Å²) < 4.78 is 5.56. The second kappa shape index (κ2) is 7.87. The number of nitrogens with two attached hydrogens (primary N) is 1. The van der Waals surface area contributed by atoms with Gasteiger partial charge >= 0.3 is 0 Å². The van der Waals surface area contributed by atoms with Crippen molar-refractivity contribution in [1.82, 2.24) is 0 Å².